The van der Waals surface area contributed by atoms with Crippen molar-refractivity contribution >= 4 is 11.7 Å². The van der Waals surface area contributed by atoms with Crippen LogP contribution >= 0.6 is 0 Å². The van der Waals surface area contributed by atoms with Gasteiger partial charge in [0.1, 0.15) is 5.78 Å². The van der Waals surface area contributed by atoms with E-state index in [2.05, 4.69) is 12.2 Å². The minimum absolute atomic E-state index is 0.0573. The Kier molecular flexibility index (Phi) is 12.7. The number of rotatable bonds is 14. The van der Waals surface area contributed by atoms with Crippen molar-refractivity contribution in [2.45, 2.75) is 76.9 Å². The Hall–Kier alpha value is -1.50. The number of hydrogen-bond acceptors (Lipinski definition) is 5. The van der Waals surface area contributed by atoms with Crippen LogP contribution in [0.2, 0.25) is 0 Å². The SMILES string of the molecule is CCCCC[C@H](O)/C=C/[C@@H]1[C@H](C/C=C\CCCC(=O)NCCO)C(=O)C[C@@H]1O. The van der Waals surface area contributed by atoms with Crippen LogP contribution in [0.3, 0.4) is 0 Å². The van der Waals surface area contributed by atoms with Crippen LogP contribution in [0.1, 0.15) is 64.7 Å². The molecular weight excluding hydrogens is 358 g/mol. The van der Waals surface area contributed by atoms with Crippen molar-refractivity contribution in [2.24, 2.45) is 11.8 Å². The van der Waals surface area contributed by atoms with Crippen molar-refractivity contribution in [1.82, 2.24) is 5.32 Å². The summed E-state index contributed by atoms with van der Waals surface area (Å²) in [5.74, 6) is -0.504. The van der Waals surface area contributed by atoms with Gasteiger partial charge in [-0.05, 0) is 25.7 Å². The fourth-order valence-electron chi connectivity index (χ4n) is 3.51. The lowest BCUT2D eigenvalue weighted by molar-refractivity contribution is -0.122. The average molecular weight is 396 g/mol. The van der Waals surface area contributed by atoms with Gasteiger partial charge < -0.3 is 20.6 Å². The summed E-state index contributed by atoms with van der Waals surface area (Å²) in [4.78, 5) is 23.6. The Balaban J connectivity index is 2.40. The first-order valence-corrected chi connectivity index (χ1v) is 10.6. The van der Waals surface area contributed by atoms with Gasteiger partial charge in [0.05, 0.1) is 18.8 Å². The molecule has 1 saturated carbocycles. The molecule has 28 heavy (non-hydrogen) atoms. The van der Waals surface area contributed by atoms with Crippen LogP contribution in [0.5, 0.6) is 0 Å². The maximum absolute atomic E-state index is 12.2. The predicted molar refractivity (Wildman–Crippen MR) is 110 cm³/mol. The first-order chi connectivity index (χ1) is 13.5. The smallest absolute Gasteiger partial charge is 0.220 e. The third kappa shape index (κ3) is 9.62. The highest BCUT2D eigenvalue weighted by atomic mass is 16.3. The molecule has 0 radical (unpaired) electrons. The summed E-state index contributed by atoms with van der Waals surface area (Å²) in [5, 5.41) is 31.5. The zero-order valence-electron chi connectivity index (χ0n) is 17.1. The molecule has 1 aliphatic rings. The van der Waals surface area contributed by atoms with E-state index in [1.165, 1.54) is 0 Å². The lowest BCUT2D eigenvalue weighted by Gasteiger charge is -2.16. The molecule has 0 unspecified atom stereocenters. The van der Waals surface area contributed by atoms with Gasteiger partial charge >= 0.3 is 0 Å². The van der Waals surface area contributed by atoms with Crippen molar-refractivity contribution < 1.29 is 24.9 Å². The fourth-order valence-corrected chi connectivity index (χ4v) is 3.51. The van der Waals surface area contributed by atoms with Crippen LogP contribution < -0.4 is 5.32 Å². The largest absolute Gasteiger partial charge is 0.395 e. The minimum Gasteiger partial charge on any atom is -0.395 e. The van der Waals surface area contributed by atoms with Crippen molar-refractivity contribution in [2.75, 3.05) is 13.2 Å². The average Bonchev–Trinajstić information content (AvgIpc) is 2.94. The van der Waals surface area contributed by atoms with Gasteiger partial charge in [-0.25, -0.2) is 0 Å². The molecule has 0 spiro atoms. The Morgan fingerprint density at radius 1 is 1.29 bits per heavy atom. The van der Waals surface area contributed by atoms with E-state index in [1.54, 1.807) is 6.08 Å². The highest BCUT2D eigenvalue weighted by molar-refractivity contribution is 5.84. The quantitative estimate of drug-likeness (QED) is 0.267. The van der Waals surface area contributed by atoms with Gasteiger partial charge in [-0.3, -0.25) is 9.59 Å². The van der Waals surface area contributed by atoms with Crippen LogP contribution in [0.25, 0.3) is 0 Å². The third-order valence-corrected chi connectivity index (χ3v) is 5.16. The molecule has 160 valence electrons. The first kappa shape index (κ1) is 24.5. The van der Waals surface area contributed by atoms with Crippen LogP contribution in [-0.2, 0) is 9.59 Å². The number of hydrogen-bond donors (Lipinski definition) is 4. The summed E-state index contributed by atoms with van der Waals surface area (Å²) in [7, 11) is 0. The van der Waals surface area contributed by atoms with E-state index in [-0.39, 0.29) is 43.1 Å². The van der Waals surface area contributed by atoms with Crippen LogP contribution in [-0.4, -0.2) is 52.4 Å². The van der Waals surface area contributed by atoms with E-state index in [0.717, 1.165) is 25.7 Å². The summed E-state index contributed by atoms with van der Waals surface area (Å²) >= 11 is 0. The second-order valence-electron chi connectivity index (χ2n) is 7.54. The molecule has 6 heteroatoms. The monoisotopic (exact) mass is 395 g/mol. The van der Waals surface area contributed by atoms with Crippen LogP contribution in [0.15, 0.2) is 24.3 Å². The summed E-state index contributed by atoms with van der Waals surface area (Å²) < 4.78 is 0. The highest BCUT2D eigenvalue weighted by Gasteiger charge is 2.39. The van der Waals surface area contributed by atoms with Crippen molar-refractivity contribution in [3.63, 3.8) is 0 Å². The normalized spacial score (nSPS) is 23.7. The van der Waals surface area contributed by atoms with Gasteiger partial charge in [0, 0.05) is 31.2 Å². The number of nitrogens with one attached hydrogen (secondary N) is 1. The van der Waals surface area contributed by atoms with Gasteiger partial charge in [0.25, 0.3) is 0 Å². The maximum Gasteiger partial charge on any atom is 0.220 e. The van der Waals surface area contributed by atoms with Gasteiger partial charge in [-0.1, -0.05) is 50.5 Å². The number of unbranched alkanes of at least 4 members (excludes halogenated alkanes) is 3. The van der Waals surface area contributed by atoms with E-state index in [4.69, 9.17) is 5.11 Å². The number of amides is 1. The molecule has 0 saturated heterocycles. The number of aliphatic hydroxyl groups is 3. The zero-order chi connectivity index (χ0) is 20.8. The molecule has 1 aliphatic carbocycles. The molecule has 0 heterocycles. The topological polar surface area (TPSA) is 107 Å². The highest BCUT2D eigenvalue weighted by Crippen LogP contribution is 2.33. The number of carbonyl (C=O) groups is 2. The van der Waals surface area contributed by atoms with Crippen molar-refractivity contribution in [3.8, 4) is 0 Å². The third-order valence-electron chi connectivity index (χ3n) is 5.16. The number of allylic oxidation sites excluding steroid dienone is 2. The second-order valence-corrected chi connectivity index (χ2v) is 7.54. The van der Waals surface area contributed by atoms with Gasteiger partial charge in [-0.2, -0.15) is 0 Å². The first-order valence-electron chi connectivity index (χ1n) is 10.6. The molecule has 1 rings (SSSR count). The number of carbonyl (C=O) groups excluding carboxylic acids is 2. The Labute approximate surface area is 168 Å². The molecule has 1 fully saturated rings. The second kappa shape index (κ2) is 14.5. The zero-order valence-corrected chi connectivity index (χ0v) is 17.1. The molecule has 0 aliphatic heterocycles. The Morgan fingerprint density at radius 3 is 2.79 bits per heavy atom. The summed E-state index contributed by atoms with van der Waals surface area (Å²) in [6, 6.07) is 0. The molecule has 0 aromatic rings. The molecule has 4 N–H and O–H groups in total. The number of Topliss-reactive ketones (excluding diaryl/α,β-unsaturated/α-hetero) is 1. The number of aliphatic hydroxyl groups excluding tert-OH is 3. The van der Waals surface area contributed by atoms with E-state index >= 15 is 0 Å². The fraction of sp³-hybridized carbons (Fsp3) is 0.727. The Bertz CT molecular complexity index is 517. The van der Waals surface area contributed by atoms with E-state index in [9.17, 15) is 19.8 Å². The van der Waals surface area contributed by atoms with Crippen LogP contribution in [0.4, 0.5) is 0 Å². The molecule has 4 atom stereocenters. The van der Waals surface area contributed by atoms with Crippen LogP contribution in [0, 0.1) is 11.8 Å². The number of ketones is 1. The van der Waals surface area contributed by atoms with Gasteiger partial charge in [-0.15, -0.1) is 0 Å². The van der Waals surface area contributed by atoms with Gasteiger partial charge in [0.15, 0.2) is 0 Å². The predicted octanol–water partition coefficient (Wildman–Crippen LogP) is 2.28. The summed E-state index contributed by atoms with van der Waals surface area (Å²) in [5.41, 5.74) is 0. The lowest BCUT2D eigenvalue weighted by Crippen LogP contribution is -2.25. The van der Waals surface area contributed by atoms with E-state index < -0.39 is 12.2 Å². The van der Waals surface area contributed by atoms with E-state index in [0.29, 0.717) is 25.7 Å². The minimum atomic E-state index is -0.680. The molecular formula is C22H37NO5. The summed E-state index contributed by atoms with van der Waals surface area (Å²) in [6.07, 6.45) is 12.7. The maximum atomic E-state index is 12.2. The summed E-state index contributed by atoms with van der Waals surface area (Å²) in [6.45, 7) is 2.34. The Morgan fingerprint density at radius 2 is 2.07 bits per heavy atom. The molecule has 6 nitrogen and oxygen atoms in total. The molecule has 0 aromatic heterocycles. The van der Waals surface area contributed by atoms with Crippen molar-refractivity contribution in [3.05, 3.63) is 24.3 Å². The standard InChI is InChI=1S/C22H37NO5/c1-2-3-6-9-17(25)12-13-19-18(20(26)16-21(19)27)10-7-4-5-8-11-22(28)23-14-15-24/h4,7,12-13,17-19,21,24-25,27H,2-3,5-6,8-11,14-16H2,1H3,(H,23,28)/b7-4-,13-12+/t17-,18-,19+,21-/m0/s1. The molecule has 1 amide bonds. The van der Waals surface area contributed by atoms with Gasteiger partial charge in [0.2, 0.25) is 5.91 Å². The lowest BCUT2D eigenvalue weighted by atomic mass is 9.90. The molecule has 0 aromatic carbocycles. The van der Waals surface area contributed by atoms with E-state index in [1.807, 2.05) is 18.2 Å². The van der Waals surface area contributed by atoms with Crippen molar-refractivity contribution in [1.29, 1.82) is 0 Å². The molecule has 0 bridgehead atoms.